The number of nitrogens with two attached hydrogens (primary N) is 1. The van der Waals surface area contributed by atoms with E-state index in [0.717, 1.165) is 12.3 Å². The molecule has 0 bridgehead atoms. The standard InChI is InChI=1S/C12H16F4N2O2S/c1-21(19,20)6-2-3-11(18-17)9-7-8(12(14,15)16)4-5-10(9)13/h4-5,7,11,18H,2-3,6,17H2,1H3. The van der Waals surface area contributed by atoms with Gasteiger partial charge in [0.15, 0.2) is 0 Å². The van der Waals surface area contributed by atoms with Crippen molar-refractivity contribution in [3.63, 3.8) is 0 Å². The van der Waals surface area contributed by atoms with Crippen molar-refractivity contribution in [1.29, 1.82) is 0 Å². The molecule has 9 heteroatoms. The monoisotopic (exact) mass is 328 g/mol. The number of rotatable bonds is 6. The van der Waals surface area contributed by atoms with E-state index in [-0.39, 0.29) is 24.2 Å². The minimum atomic E-state index is -4.59. The summed E-state index contributed by atoms with van der Waals surface area (Å²) < 4.78 is 73.6. The third-order valence-electron chi connectivity index (χ3n) is 2.91. The number of hydrogen-bond donors (Lipinski definition) is 2. The smallest absolute Gasteiger partial charge is 0.271 e. The number of benzene rings is 1. The lowest BCUT2D eigenvalue weighted by atomic mass is 10.00. The van der Waals surface area contributed by atoms with Crippen LogP contribution in [0.25, 0.3) is 0 Å². The van der Waals surface area contributed by atoms with Gasteiger partial charge in [-0.05, 0) is 31.0 Å². The predicted octanol–water partition coefficient (Wildman–Crippen LogP) is 2.17. The molecule has 1 unspecified atom stereocenters. The second-order valence-electron chi connectivity index (χ2n) is 4.73. The Morgan fingerprint density at radius 2 is 1.95 bits per heavy atom. The van der Waals surface area contributed by atoms with Gasteiger partial charge in [-0.15, -0.1) is 0 Å². The van der Waals surface area contributed by atoms with Crippen molar-refractivity contribution in [2.45, 2.75) is 25.1 Å². The van der Waals surface area contributed by atoms with Crippen molar-refractivity contribution in [2.24, 2.45) is 5.84 Å². The fourth-order valence-electron chi connectivity index (χ4n) is 1.87. The minimum absolute atomic E-state index is 0.0990. The molecule has 120 valence electrons. The van der Waals surface area contributed by atoms with Crippen LogP contribution >= 0.6 is 0 Å². The fraction of sp³-hybridized carbons (Fsp3) is 0.500. The van der Waals surface area contributed by atoms with Gasteiger partial charge in [-0.2, -0.15) is 13.2 Å². The van der Waals surface area contributed by atoms with E-state index >= 15 is 0 Å². The summed E-state index contributed by atoms with van der Waals surface area (Å²) in [6.07, 6.45) is -3.29. The maximum Gasteiger partial charge on any atom is 0.416 e. The van der Waals surface area contributed by atoms with Crippen LogP contribution in [0.4, 0.5) is 17.6 Å². The van der Waals surface area contributed by atoms with E-state index in [1.54, 1.807) is 0 Å². The molecule has 0 aliphatic heterocycles. The van der Waals surface area contributed by atoms with E-state index in [1.807, 2.05) is 0 Å². The second kappa shape index (κ2) is 6.71. The first-order valence-corrected chi connectivity index (χ1v) is 8.11. The van der Waals surface area contributed by atoms with Gasteiger partial charge < -0.3 is 0 Å². The lowest BCUT2D eigenvalue weighted by Crippen LogP contribution is -2.29. The highest BCUT2D eigenvalue weighted by atomic mass is 32.2. The summed E-state index contributed by atoms with van der Waals surface area (Å²) >= 11 is 0. The summed E-state index contributed by atoms with van der Waals surface area (Å²) in [5.74, 6) is 4.26. The van der Waals surface area contributed by atoms with Gasteiger partial charge in [-0.25, -0.2) is 12.8 Å². The molecule has 3 N–H and O–H groups in total. The Morgan fingerprint density at radius 1 is 1.33 bits per heavy atom. The van der Waals surface area contributed by atoms with Crippen LogP contribution in [0.15, 0.2) is 18.2 Å². The Bertz CT molecular complexity index is 587. The molecule has 0 aliphatic carbocycles. The summed E-state index contributed by atoms with van der Waals surface area (Å²) in [4.78, 5) is 0. The molecule has 0 saturated carbocycles. The Kier molecular flexibility index (Phi) is 5.71. The van der Waals surface area contributed by atoms with Crippen LogP contribution in [-0.2, 0) is 16.0 Å². The molecule has 21 heavy (non-hydrogen) atoms. The van der Waals surface area contributed by atoms with Crippen LogP contribution in [-0.4, -0.2) is 20.4 Å². The molecule has 0 aromatic heterocycles. The SMILES string of the molecule is CS(=O)(=O)CCCC(NN)c1cc(C(F)(F)F)ccc1F. The minimum Gasteiger partial charge on any atom is -0.271 e. The third kappa shape index (κ3) is 5.60. The Hall–Kier alpha value is -1.19. The van der Waals surface area contributed by atoms with Crippen LogP contribution in [0.3, 0.4) is 0 Å². The van der Waals surface area contributed by atoms with Gasteiger partial charge in [0.2, 0.25) is 0 Å². The topological polar surface area (TPSA) is 72.2 Å². The highest BCUT2D eigenvalue weighted by molar-refractivity contribution is 7.90. The van der Waals surface area contributed by atoms with Crippen molar-refractivity contribution >= 4 is 9.84 Å². The van der Waals surface area contributed by atoms with E-state index in [2.05, 4.69) is 5.43 Å². The average Bonchev–Trinajstić information content (AvgIpc) is 2.33. The van der Waals surface area contributed by atoms with Crippen molar-refractivity contribution < 1.29 is 26.0 Å². The molecule has 0 saturated heterocycles. The molecule has 0 heterocycles. The number of hydrazine groups is 1. The number of nitrogens with one attached hydrogen (secondary N) is 1. The van der Waals surface area contributed by atoms with E-state index in [9.17, 15) is 26.0 Å². The first-order chi connectivity index (χ1) is 9.54. The molecule has 1 atom stereocenters. The highest BCUT2D eigenvalue weighted by Crippen LogP contribution is 2.32. The molecule has 4 nitrogen and oxygen atoms in total. The zero-order valence-electron chi connectivity index (χ0n) is 11.2. The molecule has 0 spiro atoms. The van der Waals surface area contributed by atoms with Gasteiger partial charge in [0, 0.05) is 23.6 Å². The van der Waals surface area contributed by atoms with Gasteiger partial charge in [0.05, 0.1) is 5.56 Å². The summed E-state index contributed by atoms with van der Waals surface area (Å²) in [5.41, 5.74) is 1.00. The molecule has 0 amide bonds. The summed E-state index contributed by atoms with van der Waals surface area (Å²) in [6, 6.07) is 1.15. The summed E-state index contributed by atoms with van der Waals surface area (Å²) in [5, 5.41) is 0. The predicted molar refractivity (Wildman–Crippen MR) is 70.4 cm³/mol. The molecule has 1 aromatic carbocycles. The van der Waals surface area contributed by atoms with Crippen molar-refractivity contribution in [2.75, 3.05) is 12.0 Å². The molecule has 1 aromatic rings. The lowest BCUT2D eigenvalue weighted by molar-refractivity contribution is -0.137. The molecule has 1 rings (SSSR count). The number of sulfone groups is 1. The van der Waals surface area contributed by atoms with E-state index in [0.29, 0.717) is 12.1 Å². The summed E-state index contributed by atoms with van der Waals surface area (Å²) in [7, 11) is -3.19. The lowest BCUT2D eigenvalue weighted by Gasteiger charge is -2.18. The maximum absolute atomic E-state index is 13.7. The number of hydrogen-bond acceptors (Lipinski definition) is 4. The van der Waals surface area contributed by atoms with E-state index in [1.165, 1.54) is 0 Å². The zero-order chi connectivity index (χ0) is 16.3. The first kappa shape index (κ1) is 17.9. The maximum atomic E-state index is 13.7. The quantitative estimate of drug-likeness (QED) is 0.477. The van der Waals surface area contributed by atoms with Crippen LogP contribution in [0.2, 0.25) is 0 Å². The van der Waals surface area contributed by atoms with Gasteiger partial charge in [0.1, 0.15) is 15.7 Å². The molecule has 0 fully saturated rings. The normalized spacial score (nSPS) is 14.2. The Labute approximate surface area is 120 Å². The highest BCUT2D eigenvalue weighted by Gasteiger charge is 2.32. The zero-order valence-corrected chi connectivity index (χ0v) is 12.1. The van der Waals surface area contributed by atoms with Gasteiger partial charge >= 0.3 is 6.18 Å². The Morgan fingerprint density at radius 3 is 2.43 bits per heavy atom. The number of alkyl halides is 3. The van der Waals surface area contributed by atoms with Crippen LogP contribution in [0.1, 0.15) is 30.0 Å². The molecular formula is C12H16F4N2O2S. The van der Waals surface area contributed by atoms with Crippen LogP contribution in [0, 0.1) is 5.82 Å². The van der Waals surface area contributed by atoms with Crippen LogP contribution in [0.5, 0.6) is 0 Å². The fourth-order valence-corrected chi connectivity index (χ4v) is 2.56. The second-order valence-corrected chi connectivity index (χ2v) is 6.99. The van der Waals surface area contributed by atoms with Crippen LogP contribution < -0.4 is 11.3 Å². The number of halogens is 4. The molecule has 0 aliphatic rings. The molecule has 0 radical (unpaired) electrons. The summed E-state index contributed by atoms with van der Waals surface area (Å²) in [6.45, 7) is 0. The largest absolute Gasteiger partial charge is 0.416 e. The van der Waals surface area contributed by atoms with Gasteiger partial charge in [-0.1, -0.05) is 0 Å². The van der Waals surface area contributed by atoms with Crippen molar-refractivity contribution in [1.82, 2.24) is 5.43 Å². The van der Waals surface area contributed by atoms with E-state index < -0.39 is 33.4 Å². The Balaban J connectivity index is 2.94. The molecular weight excluding hydrogens is 312 g/mol. The van der Waals surface area contributed by atoms with Crippen molar-refractivity contribution in [3.8, 4) is 0 Å². The van der Waals surface area contributed by atoms with E-state index in [4.69, 9.17) is 5.84 Å². The van der Waals surface area contributed by atoms with Gasteiger partial charge in [-0.3, -0.25) is 11.3 Å². The third-order valence-corrected chi connectivity index (χ3v) is 3.94. The first-order valence-electron chi connectivity index (χ1n) is 6.05. The van der Waals surface area contributed by atoms with Crippen molar-refractivity contribution in [3.05, 3.63) is 35.1 Å². The average molecular weight is 328 g/mol. The van der Waals surface area contributed by atoms with Gasteiger partial charge in [0.25, 0.3) is 0 Å².